The highest BCUT2D eigenvalue weighted by atomic mass is 16.5. The van der Waals surface area contributed by atoms with Crippen LogP contribution < -0.4 is 15.4 Å². The van der Waals surface area contributed by atoms with Crippen LogP contribution in [0.4, 0.5) is 5.69 Å². The molecule has 36 heavy (non-hydrogen) atoms. The third-order valence-corrected chi connectivity index (χ3v) is 7.59. The van der Waals surface area contributed by atoms with E-state index in [1.165, 1.54) is 32.1 Å². The van der Waals surface area contributed by atoms with Crippen LogP contribution in [0.15, 0.2) is 36.8 Å². The Balaban J connectivity index is 1.35. The summed E-state index contributed by atoms with van der Waals surface area (Å²) in [6.07, 6.45) is 12.6. The maximum atomic E-state index is 13.4. The minimum absolute atomic E-state index is 0.121. The van der Waals surface area contributed by atoms with E-state index in [9.17, 15) is 4.79 Å². The lowest BCUT2D eigenvalue weighted by molar-refractivity contribution is 0.0954. The van der Waals surface area contributed by atoms with Gasteiger partial charge in [0, 0.05) is 42.4 Å². The van der Waals surface area contributed by atoms with Crippen LogP contribution in [-0.2, 0) is 13.0 Å². The van der Waals surface area contributed by atoms with Gasteiger partial charge in [-0.3, -0.25) is 4.79 Å². The number of carbonyl (C=O) groups excluding carboxylic acids is 1. The Hall–Kier alpha value is -3.55. The molecular weight excluding hydrogens is 452 g/mol. The van der Waals surface area contributed by atoms with Gasteiger partial charge in [-0.05, 0) is 62.8 Å². The molecule has 8 nitrogen and oxygen atoms in total. The fourth-order valence-electron chi connectivity index (χ4n) is 5.46. The number of amides is 1. The minimum atomic E-state index is -0.121. The summed E-state index contributed by atoms with van der Waals surface area (Å²) in [7, 11) is 1.67. The van der Waals surface area contributed by atoms with Crippen LogP contribution in [0.1, 0.15) is 61.9 Å². The topological polar surface area (TPSA) is 96.9 Å². The Bertz CT molecular complexity index is 1350. The van der Waals surface area contributed by atoms with Crippen molar-refractivity contribution in [2.45, 2.75) is 65.0 Å². The number of carbonyl (C=O) groups is 1. The SMILES string of the molecule is CCn1ncc2c(N[C@H](C)C3CCCCC3)c(C(=O)NCCc3c[nH]c4ccc(OC)cc34)cnc21. The predicted octanol–water partition coefficient (Wildman–Crippen LogP) is 5.29. The minimum Gasteiger partial charge on any atom is -0.497 e. The highest BCUT2D eigenvalue weighted by molar-refractivity contribution is 6.06. The molecule has 1 aliphatic rings. The molecule has 0 saturated heterocycles. The highest BCUT2D eigenvalue weighted by Crippen LogP contribution is 2.32. The average molecular weight is 489 g/mol. The number of aryl methyl sites for hydroxylation is 1. The van der Waals surface area contributed by atoms with Gasteiger partial charge in [0.05, 0.1) is 29.9 Å². The summed E-state index contributed by atoms with van der Waals surface area (Å²) in [5.74, 6) is 1.31. The summed E-state index contributed by atoms with van der Waals surface area (Å²) in [6.45, 7) is 5.54. The molecule has 1 saturated carbocycles. The molecule has 190 valence electrons. The first-order valence-electron chi connectivity index (χ1n) is 13.1. The van der Waals surface area contributed by atoms with Gasteiger partial charge in [0.1, 0.15) is 5.75 Å². The number of methoxy groups -OCH3 is 1. The van der Waals surface area contributed by atoms with E-state index in [2.05, 4.69) is 32.6 Å². The van der Waals surface area contributed by atoms with Crippen molar-refractivity contribution in [3.63, 3.8) is 0 Å². The number of nitrogens with one attached hydrogen (secondary N) is 3. The van der Waals surface area contributed by atoms with Crippen LogP contribution in [0.5, 0.6) is 5.75 Å². The van der Waals surface area contributed by atoms with Crippen molar-refractivity contribution in [1.29, 1.82) is 0 Å². The summed E-state index contributed by atoms with van der Waals surface area (Å²) in [4.78, 5) is 21.3. The molecule has 3 aromatic heterocycles. The first-order valence-corrected chi connectivity index (χ1v) is 13.1. The lowest BCUT2D eigenvalue weighted by Crippen LogP contribution is -2.31. The number of hydrogen-bond acceptors (Lipinski definition) is 5. The molecule has 5 rings (SSSR count). The van der Waals surface area contributed by atoms with E-state index in [-0.39, 0.29) is 11.9 Å². The first-order chi connectivity index (χ1) is 17.6. The number of ether oxygens (including phenoxy) is 1. The Kier molecular flexibility index (Phi) is 7.11. The maximum absolute atomic E-state index is 13.4. The van der Waals surface area contributed by atoms with E-state index >= 15 is 0 Å². The van der Waals surface area contributed by atoms with E-state index in [0.717, 1.165) is 45.5 Å². The lowest BCUT2D eigenvalue weighted by Gasteiger charge is -2.29. The van der Waals surface area contributed by atoms with E-state index in [4.69, 9.17) is 4.74 Å². The van der Waals surface area contributed by atoms with Crippen LogP contribution in [0.25, 0.3) is 21.9 Å². The van der Waals surface area contributed by atoms with Gasteiger partial charge >= 0.3 is 0 Å². The fraction of sp³-hybridized carbons (Fsp3) is 0.464. The predicted molar refractivity (Wildman–Crippen MR) is 144 cm³/mol. The molecule has 1 atom stereocenters. The van der Waals surface area contributed by atoms with Crippen LogP contribution in [0, 0.1) is 5.92 Å². The van der Waals surface area contributed by atoms with E-state index in [0.29, 0.717) is 24.4 Å². The molecule has 4 aromatic rings. The molecule has 3 N–H and O–H groups in total. The largest absolute Gasteiger partial charge is 0.497 e. The number of anilines is 1. The number of aromatic nitrogens is 4. The number of rotatable bonds is 9. The van der Waals surface area contributed by atoms with Crippen molar-refractivity contribution in [3.05, 3.63) is 47.9 Å². The number of H-pyrrole nitrogens is 1. The summed E-state index contributed by atoms with van der Waals surface area (Å²) in [5, 5.41) is 13.3. The van der Waals surface area contributed by atoms with Crippen LogP contribution in [0.3, 0.4) is 0 Å². The van der Waals surface area contributed by atoms with Crippen molar-refractivity contribution >= 4 is 33.5 Å². The summed E-state index contributed by atoms with van der Waals surface area (Å²) in [6, 6.07) is 6.25. The van der Waals surface area contributed by atoms with Crippen LogP contribution >= 0.6 is 0 Å². The zero-order chi connectivity index (χ0) is 25.1. The molecule has 1 aromatic carbocycles. The molecule has 8 heteroatoms. The summed E-state index contributed by atoms with van der Waals surface area (Å²) in [5.41, 5.74) is 4.42. The summed E-state index contributed by atoms with van der Waals surface area (Å²) >= 11 is 0. The second-order valence-corrected chi connectivity index (χ2v) is 9.81. The van der Waals surface area contributed by atoms with Gasteiger partial charge in [0.25, 0.3) is 5.91 Å². The van der Waals surface area contributed by atoms with Crippen molar-refractivity contribution in [2.24, 2.45) is 5.92 Å². The standard InChI is InChI=1S/C28H36N6O2/c1-4-34-27-23(17-32-34)26(33-18(2)19-8-6-5-7-9-19)24(16-31-27)28(35)29-13-12-20-15-30-25-11-10-21(36-3)14-22(20)25/h10-11,14-19,30H,4-9,12-13H2,1-3H3,(H,29,35)(H,31,33)/t18-/m1/s1. The first kappa shape index (κ1) is 24.2. The normalized spacial score (nSPS) is 15.3. The van der Waals surface area contributed by atoms with Gasteiger partial charge in [0.2, 0.25) is 0 Å². The van der Waals surface area contributed by atoms with Gasteiger partial charge < -0.3 is 20.4 Å². The van der Waals surface area contributed by atoms with E-state index in [1.54, 1.807) is 13.3 Å². The highest BCUT2D eigenvalue weighted by Gasteiger charge is 2.24. The number of fused-ring (bicyclic) bond motifs is 2. The smallest absolute Gasteiger partial charge is 0.254 e. The average Bonchev–Trinajstić information content (AvgIpc) is 3.53. The molecule has 1 amide bonds. The number of aromatic amines is 1. The van der Waals surface area contributed by atoms with Crippen molar-refractivity contribution in [2.75, 3.05) is 19.0 Å². The Labute approximate surface area is 211 Å². The van der Waals surface area contributed by atoms with Crippen LogP contribution in [0.2, 0.25) is 0 Å². The van der Waals surface area contributed by atoms with Gasteiger partial charge in [-0.25, -0.2) is 9.67 Å². The van der Waals surface area contributed by atoms with Crippen molar-refractivity contribution in [3.8, 4) is 5.75 Å². The van der Waals surface area contributed by atoms with Crippen LogP contribution in [-0.4, -0.2) is 45.4 Å². The van der Waals surface area contributed by atoms with Gasteiger partial charge in [-0.2, -0.15) is 5.10 Å². The van der Waals surface area contributed by atoms with Gasteiger partial charge in [-0.1, -0.05) is 19.3 Å². The third-order valence-electron chi connectivity index (χ3n) is 7.59. The molecular formula is C28H36N6O2. The zero-order valence-electron chi connectivity index (χ0n) is 21.4. The third kappa shape index (κ3) is 4.76. The second kappa shape index (κ2) is 10.6. The molecule has 0 radical (unpaired) electrons. The number of hydrogen-bond donors (Lipinski definition) is 3. The molecule has 1 aliphatic carbocycles. The quantitative estimate of drug-likeness (QED) is 0.297. The summed E-state index contributed by atoms with van der Waals surface area (Å²) < 4.78 is 7.25. The Morgan fingerprint density at radius 2 is 2.06 bits per heavy atom. The number of benzene rings is 1. The van der Waals surface area contributed by atoms with Gasteiger partial charge in [0.15, 0.2) is 5.65 Å². The maximum Gasteiger partial charge on any atom is 0.254 e. The molecule has 0 unspecified atom stereocenters. The molecule has 3 heterocycles. The number of nitrogens with zero attached hydrogens (tertiary/aromatic N) is 3. The Morgan fingerprint density at radius 3 is 2.83 bits per heavy atom. The van der Waals surface area contributed by atoms with E-state index < -0.39 is 0 Å². The molecule has 0 bridgehead atoms. The second-order valence-electron chi connectivity index (χ2n) is 9.81. The monoisotopic (exact) mass is 488 g/mol. The molecule has 0 spiro atoms. The fourth-order valence-corrected chi connectivity index (χ4v) is 5.46. The van der Waals surface area contributed by atoms with Gasteiger partial charge in [-0.15, -0.1) is 0 Å². The zero-order valence-corrected chi connectivity index (χ0v) is 21.4. The number of pyridine rings is 1. The molecule has 1 fully saturated rings. The van der Waals surface area contributed by atoms with Crippen molar-refractivity contribution in [1.82, 2.24) is 25.1 Å². The van der Waals surface area contributed by atoms with Crippen molar-refractivity contribution < 1.29 is 9.53 Å². The molecule has 0 aliphatic heterocycles. The Morgan fingerprint density at radius 1 is 1.22 bits per heavy atom. The lowest BCUT2D eigenvalue weighted by atomic mass is 9.84. The van der Waals surface area contributed by atoms with E-state index in [1.807, 2.05) is 42.2 Å².